The Morgan fingerprint density at radius 2 is 2.11 bits per heavy atom. The Kier molecular flexibility index (Phi) is 4.62. The normalized spacial score (nSPS) is 17.4. The number of anilines is 1. The van der Waals surface area contributed by atoms with Gasteiger partial charge in [0.1, 0.15) is 5.69 Å². The van der Waals surface area contributed by atoms with E-state index in [9.17, 15) is 15.2 Å². The summed E-state index contributed by atoms with van der Waals surface area (Å²) in [5, 5.41) is 23.7. The minimum absolute atomic E-state index is 0.0954. The first-order chi connectivity index (χ1) is 9.06. The number of nitro groups is 1. The van der Waals surface area contributed by atoms with Crippen LogP contribution < -0.4 is 5.32 Å². The van der Waals surface area contributed by atoms with Crippen molar-refractivity contribution in [2.24, 2.45) is 5.41 Å². The van der Waals surface area contributed by atoms with Crippen LogP contribution in [0.15, 0.2) is 18.2 Å². The molecule has 0 heterocycles. The van der Waals surface area contributed by atoms with Gasteiger partial charge in [-0.25, -0.2) is 0 Å². The second-order valence-corrected chi connectivity index (χ2v) is 6.38. The largest absolute Gasteiger partial charge is 0.396 e. The second kappa shape index (κ2) is 6.04. The van der Waals surface area contributed by atoms with Crippen molar-refractivity contribution in [2.45, 2.75) is 25.7 Å². The lowest BCUT2D eigenvalue weighted by Gasteiger charge is -2.27. The third-order valence-electron chi connectivity index (χ3n) is 3.81. The monoisotopic (exact) mass is 376 g/mol. The number of aliphatic hydroxyl groups excluding tert-OH is 1. The number of hydrogen-bond donors (Lipinski definition) is 2. The van der Waals surface area contributed by atoms with Gasteiger partial charge in [-0.1, -0.05) is 12.8 Å². The van der Waals surface area contributed by atoms with E-state index < -0.39 is 0 Å². The molecule has 1 saturated carbocycles. The molecule has 19 heavy (non-hydrogen) atoms. The summed E-state index contributed by atoms with van der Waals surface area (Å²) in [6.07, 6.45) is 4.21. The Labute approximate surface area is 125 Å². The Balaban J connectivity index is 2.13. The molecule has 0 saturated heterocycles. The van der Waals surface area contributed by atoms with E-state index in [-0.39, 0.29) is 22.6 Å². The maximum Gasteiger partial charge on any atom is 0.293 e. The molecule has 0 amide bonds. The number of aliphatic hydroxyl groups is 1. The van der Waals surface area contributed by atoms with E-state index in [4.69, 9.17) is 0 Å². The fraction of sp³-hybridized carbons (Fsp3) is 0.538. The molecule has 2 rings (SSSR count). The van der Waals surface area contributed by atoms with E-state index in [0.29, 0.717) is 12.2 Å². The van der Waals surface area contributed by atoms with Gasteiger partial charge in [0, 0.05) is 21.6 Å². The van der Waals surface area contributed by atoms with Crippen LogP contribution in [0.5, 0.6) is 0 Å². The molecule has 1 aromatic carbocycles. The maximum absolute atomic E-state index is 11.0. The first kappa shape index (κ1) is 14.5. The third kappa shape index (κ3) is 3.36. The van der Waals surface area contributed by atoms with E-state index in [1.54, 1.807) is 12.1 Å². The molecule has 0 aliphatic heterocycles. The Morgan fingerprint density at radius 1 is 1.42 bits per heavy atom. The molecule has 0 atom stereocenters. The highest BCUT2D eigenvalue weighted by molar-refractivity contribution is 14.1. The van der Waals surface area contributed by atoms with Crippen LogP contribution in [-0.2, 0) is 0 Å². The van der Waals surface area contributed by atoms with Gasteiger partial charge in [0.25, 0.3) is 5.69 Å². The van der Waals surface area contributed by atoms with Crippen molar-refractivity contribution < 1.29 is 10.0 Å². The van der Waals surface area contributed by atoms with Crippen LogP contribution in [0.1, 0.15) is 25.7 Å². The van der Waals surface area contributed by atoms with Crippen molar-refractivity contribution >= 4 is 34.0 Å². The standard InChI is InChI=1S/C13H17IN2O3/c14-10-3-4-11(12(7-10)16(18)19)15-8-13(9-17)5-1-2-6-13/h3-4,7,15,17H,1-2,5-6,8-9H2. The average Bonchev–Trinajstić information content (AvgIpc) is 2.86. The zero-order valence-electron chi connectivity index (χ0n) is 10.6. The lowest BCUT2D eigenvalue weighted by atomic mass is 9.87. The molecular formula is C13H17IN2O3. The van der Waals surface area contributed by atoms with Gasteiger partial charge in [-0.3, -0.25) is 10.1 Å². The highest BCUT2D eigenvalue weighted by Crippen LogP contribution is 2.38. The average molecular weight is 376 g/mol. The molecule has 2 N–H and O–H groups in total. The summed E-state index contributed by atoms with van der Waals surface area (Å²) in [5.41, 5.74) is 0.514. The number of nitrogens with zero attached hydrogens (tertiary/aromatic N) is 1. The first-order valence-corrected chi connectivity index (χ1v) is 7.43. The molecule has 0 bridgehead atoms. The van der Waals surface area contributed by atoms with Crippen molar-refractivity contribution in [1.82, 2.24) is 0 Å². The van der Waals surface area contributed by atoms with Crippen LogP contribution in [0, 0.1) is 19.1 Å². The molecule has 0 aromatic heterocycles. The summed E-state index contributed by atoms with van der Waals surface area (Å²) in [6.45, 7) is 0.725. The fourth-order valence-corrected chi connectivity index (χ4v) is 3.08. The van der Waals surface area contributed by atoms with Crippen molar-refractivity contribution in [2.75, 3.05) is 18.5 Å². The molecular weight excluding hydrogens is 359 g/mol. The van der Waals surface area contributed by atoms with Crippen LogP contribution in [-0.4, -0.2) is 23.2 Å². The first-order valence-electron chi connectivity index (χ1n) is 6.35. The molecule has 1 aromatic rings. The molecule has 6 heteroatoms. The quantitative estimate of drug-likeness (QED) is 0.470. The third-order valence-corrected chi connectivity index (χ3v) is 4.48. The Bertz CT molecular complexity index is 473. The number of nitro benzene ring substituents is 1. The number of rotatable bonds is 5. The Hall–Kier alpha value is -0.890. The highest BCUT2D eigenvalue weighted by Gasteiger charge is 2.33. The van der Waals surface area contributed by atoms with Gasteiger partial charge in [0.15, 0.2) is 0 Å². The summed E-state index contributed by atoms with van der Waals surface area (Å²) in [4.78, 5) is 10.7. The highest BCUT2D eigenvalue weighted by atomic mass is 127. The smallest absolute Gasteiger partial charge is 0.293 e. The van der Waals surface area contributed by atoms with Crippen molar-refractivity contribution in [3.63, 3.8) is 0 Å². The zero-order chi connectivity index (χ0) is 13.9. The van der Waals surface area contributed by atoms with Gasteiger partial charge in [0.2, 0.25) is 0 Å². The predicted octanol–water partition coefficient (Wildman–Crippen LogP) is 3.16. The van der Waals surface area contributed by atoms with Crippen LogP contribution >= 0.6 is 22.6 Å². The van der Waals surface area contributed by atoms with E-state index in [1.807, 2.05) is 6.07 Å². The van der Waals surface area contributed by atoms with E-state index >= 15 is 0 Å². The van der Waals surface area contributed by atoms with Crippen LogP contribution in [0.25, 0.3) is 0 Å². The van der Waals surface area contributed by atoms with Crippen molar-refractivity contribution in [1.29, 1.82) is 0 Å². The second-order valence-electron chi connectivity index (χ2n) is 5.14. The predicted molar refractivity (Wildman–Crippen MR) is 82.3 cm³/mol. The molecule has 0 spiro atoms. The van der Waals surface area contributed by atoms with Gasteiger partial charge >= 0.3 is 0 Å². The summed E-state index contributed by atoms with van der Waals surface area (Å²) >= 11 is 2.06. The molecule has 1 aliphatic rings. The molecule has 1 fully saturated rings. The lowest BCUT2D eigenvalue weighted by molar-refractivity contribution is -0.384. The maximum atomic E-state index is 11.0. The number of nitrogens with one attached hydrogen (secondary N) is 1. The van der Waals surface area contributed by atoms with E-state index in [2.05, 4.69) is 27.9 Å². The summed E-state index contributed by atoms with van der Waals surface area (Å²) in [7, 11) is 0. The molecule has 0 unspecified atom stereocenters. The van der Waals surface area contributed by atoms with Crippen LogP contribution in [0.4, 0.5) is 11.4 Å². The number of halogens is 1. The van der Waals surface area contributed by atoms with E-state index in [0.717, 1.165) is 29.3 Å². The number of benzene rings is 1. The van der Waals surface area contributed by atoms with Crippen molar-refractivity contribution in [3.8, 4) is 0 Å². The lowest BCUT2D eigenvalue weighted by Crippen LogP contribution is -2.30. The van der Waals surface area contributed by atoms with Gasteiger partial charge in [-0.2, -0.15) is 0 Å². The molecule has 1 aliphatic carbocycles. The van der Waals surface area contributed by atoms with Crippen molar-refractivity contribution in [3.05, 3.63) is 31.9 Å². The molecule has 104 valence electrons. The summed E-state index contributed by atoms with van der Waals surface area (Å²) < 4.78 is 0.840. The SMILES string of the molecule is O=[N+]([O-])c1cc(I)ccc1NCC1(CO)CCCC1. The van der Waals surface area contributed by atoms with Crippen LogP contribution in [0.2, 0.25) is 0 Å². The van der Waals surface area contributed by atoms with Gasteiger partial charge in [-0.15, -0.1) is 0 Å². The molecule has 0 radical (unpaired) electrons. The van der Waals surface area contributed by atoms with Gasteiger partial charge in [0.05, 0.1) is 11.5 Å². The van der Waals surface area contributed by atoms with E-state index in [1.165, 1.54) is 0 Å². The fourth-order valence-electron chi connectivity index (χ4n) is 2.60. The molecule has 5 nitrogen and oxygen atoms in total. The topological polar surface area (TPSA) is 75.4 Å². The zero-order valence-corrected chi connectivity index (χ0v) is 12.7. The summed E-state index contributed by atoms with van der Waals surface area (Å²) in [5.74, 6) is 0. The van der Waals surface area contributed by atoms with Gasteiger partial charge < -0.3 is 10.4 Å². The summed E-state index contributed by atoms with van der Waals surface area (Å²) in [6, 6.07) is 5.14. The minimum atomic E-state index is -0.370. The van der Waals surface area contributed by atoms with Gasteiger partial charge in [-0.05, 0) is 47.6 Å². The van der Waals surface area contributed by atoms with Crippen LogP contribution in [0.3, 0.4) is 0 Å². The Morgan fingerprint density at radius 3 is 2.68 bits per heavy atom. The number of hydrogen-bond acceptors (Lipinski definition) is 4. The minimum Gasteiger partial charge on any atom is -0.396 e.